The molecule has 0 aliphatic carbocycles. The Bertz CT molecular complexity index is 633. The molecule has 0 aromatic heterocycles. The van der Waals surface area contributed by atoms with Crippen LogP contribution in [0.3, 0.4) is 0 Å². The molecule has 1 aliphatic rings. The first-order valence-corrected chi connectivity index (χ1v) is 6.99. The van der Waals surface area contributed by atoms with Crippen molar-refractivity contribution in [3.63, 3.8) is 0 Å². The van der Waals surface area contributed by atoms with E-state index in [1.165, 1.54) is 0 Å². The summed E-state index contributed by atoms with van der Waals surface area (Å²) in [6.07, 6.45) is 0.442. The van der Waals surface area contributed by atoms with E-state index in [1.54, 1.807) is 24.3 Å². The molecular formula is C14H16BN3O5. The van der Waals surface area contributed by atoms with Crippen molar-refractivity contribution < 1.29 is 24.7 Å². The second kappa shape index (κ2) is 7.66. The van der Waals surface area contributed by atoms with Crippen molar-refractivity contribution in [2.24, 2.45) is 9.98 Å². The first kappa shape index (κ1) is 16.8. The van der Waals surface area contributed by atoms with E-state index in [0.29, 0.717) is 0 Å². The summed E-state index contributed by atoms with van der Waals surface area (Å²) in [5.74, 6) is -2.57. The Morgan fingerprint density at radius 3 is 2.52 bits per heavy atom. The van der Waals surface area contributed by atoms with Gasteiger partial charge in [0.05, 0.1) is 18.6 Å². The lowest BCUT2D eigenvalue weighted by atomic mass is 9.76. The number of hydrogen-bond acceptors (Lipinski definition) is 6. The molecule has 0 bridgehead atoms. The molecule has 0 radical (unpaired) electrons. The molecule has 0 saturated heterocycles. The van der Waals surface area contributed by atoms with Crippen molar-refractivity contribution in [3.8, 4) is 0 Å². The fourth-order valence-electron chi connectivity index (χ4n) is 2.13. The van der Waals surface area contributed by atoms with Crippen molar-refractivity contribution in [1.29, 1.82) is 0 Å². The predicted molar refractivity (Wildman–Crippen MR) is 84.2 cm³/mol. The van der Waals surface area contributed by atoms with E-state index in [0.717, 1.165) is 11.8 Å². The van der Waals surface area contributed by atoms with Crippen molar-refractivity contribution in [2.75, 3.05) is 0 Å². The van der Waals surface area contributed by atoms with E-state index in [9.17, 15) is 19.6 Å². The molecule has 1 amide bonds. The SMILES string of the molecule is O=C(Cc1ccccc1)N[C@H](CC1N=CC(C(=O)O)=N1)B(O)O. The lowest BCUT2D eigenvalue weighted by molar-refractivity contribution is -0.129. The van der Waals surface area contributed by atoms with E-state index >= 15 is 0 Å². The average Bonchev–Trinajstić information content (AvgIpc) is 2.96. The summed E-state index contributed by atoms with van der Waals surface area (Å²) in [6.45, 7) is 0. The highest BCUT2D eigenvalue weighted by molar-refractivity contribution is 6.59. The molecule has 2 rings (SSSR count). The van der Waals surface area contributed by atoms with Crippen molar-refractivity contribution in [1.82, 2.24) is 5.32 Å². The Morgan fingerprint density at radius 1 is 1.26 bits per heavy atom. The molecule has 8 nitrogen and oxygen atoms in total. The number of benzene rings is 1. The lowest BCUT2D eigenvalue weighted by Crippen LogP contribution is -2.48. The smallest absolute Gasteiger partial charge is 0.475 e. The molecule has 23 heavy (non-hydrogen) atoms. The van der Waals surface area contributed by atoms with Crippen LogP contribution < -0.4 is 5.32 Å². The van der Waals surface area contributed by atoms with E-state index in [1.807, 2.05) is 6.07 Å². The topological polar surface area (TPSA) is 132 Å². The number of nitrogens with one attached hydrogen (secondary N) is 1. The number of carbonyl (C=O) groups is 2. The third kappa shape index (κ3) is 5.01. The first-order chi connectivity index (χ1) is 11.0. The number of carboxylic acids is 1. The van der Waals surface area contributed by atoms with Gasteiger partial charge < -0.3 is 20.5 Å². The predicted octanol–water partition coefficient (Wildman–Crippen LogP) is -0.948. The molecule has 1 aromatic rings. The Balaban J connectivity index is 1.93. The summed E-state index contributed by atoms with van der Waals surface area (Å²) in [4.78, 5) is 30.4. The Hall–Kier alpha value is -2.52. The van der Waals surface area contributed by atoms with Gasteiger partial charge in [0.15, 0.2) is 5.71 Å². The third-order valence-corrected chi connectivity index (χ3v) is 3.25. The highest BCUT2D eigenvalue weighted by Gasteiger charge is 2.30. The van der Waals surface area contributed by atoms with Crippen LogP contribution in [0, 0.1) is 0 Å². The van der Waals surface area contributed by atoms with Crippen LogP contribution in [0.15, 0.2) is 40.3 Å². The molecule has 1 heterocycles. The molecule has 1 aliphatic heterocycles. The number of aliphatic imine (C=N–C) groups is 2. The van der Waals surface area contributed by atoms with Gasteiger partial charge in [0.1, 0.15) is 6.17 Å². The fraction of sp³-hybridized carbons (Fsp3) is 0.286. The summed E-state index contributed by atoms with van der Waals surface area (Å²) in [5, 5.41) is 30.1. The highest BCUT2D eigenvalue weighted by atomic mass is 16.4. The van der Waals surface area contributed by atoms with Crippen LogP contribution >= 0.6 is 0 Å². The number of aliphatic carboxylic acids is 1. The second-order valence-corrected chi connectivity index (χ2v) is 5.06. The molecule has 9 heteroatoms. The van der Waals surface area contributed by atoms with Gasteiger partial charge in [0, 0.05) is 6.42 Å². The van der Waals surface area contributed by atoms with Crippen LogP contribution in [0.4, 0.5) is 0 Å². The van der Waals surface area contributed by atoms with Crippen LogP contribution in [-0.4, -0.2) is 58.2 Å². The molecule has 0 fully saturated rings. The zero-order valence-corrected chi connectivity index (χ0v) is 12.2. The molecule has 1 unspecified atom stereocenters. The number of amides is 1. The summed E-state index contributed by atoms with van der Waals surface area (Å²) in [6, 6.07) is 9.01. The van der Waals surface area contributed by atoms with Crippen molar-refractivity contribution >= 4 is 30.9 Å². The third-order valence-electron chi connectivity index (χ3n) is 3.25. The minimum atomic E-state index is -1.80. The summed E-state index contributed by atoms with van der Waals surface area (Å²) in [5.41, 5.74) is 0.595. The van der Waals surface area contributed by atoms with Gasteiger partial charge in [-0.15, -0.1) is 0 Å². The molecule has 0 saturated carbocycles. The molecule has 2 atom stereocenters. The quantitative estimate of drug-likeness (QED) is 0.482. The van der Waals surface area contributed by atoms with Crippen molar-refractivity contribution in [2.45, 2.75) is 24.9 Å². The van der Waals surface area contributed by atoms with Gasteiger partial charge in [-0.1, -0.05) is 30.3 Å². The molecular weight excluding hydrogens is 301 g/mol. The maximum absolute atomic E-state index is 12.0. The summed E-state index contributed by atoms with van der Waals surface area (Å²) in [7, 11) is -1.80. The Labute approximate surface area is 132 Å². The van der Waals surface area contributed by atoms with Crippen LogP contribution in [0.5, 0.6) is 0 Å². The normalized spacial score (nSPS) is 17.5. The van der Waals surface area contributed by atoms with Gasteiger partial charge in [-0.25, -0.2) is 9.79 Å². The van der Waals surface area contributed by atoms with Gasteiger partial charge in [0.25, 0.3) is 0 Å². The minimum Gasteiger partial charge on any atom is -0.476 e. The number of nitrogens with zero attached hydrogens (tertiary/aromatic N) is 2. The Kier molecular flexibility index (Phi) is 5.61. The number of carboxylic acid groups (broad SMARTS) is 1. The molecule has 4 N–H and O–H groups in total. The summed E-state index contributed by atoms with van der Waals surface area (Å²) >= 11 is 0. The van der Waals surface area contributed by atoms with E-state index in [-0.39, 0.29) is 24.5 Å². The van der Waals surface area contributed by atoms with Crippen LogP contribution in [-0.2, 0) is 16.0 Å². The van der Waals surface area contributed by atoms with E-state index in [4.69, 9.17) is 5.11 Å². The van der Waals surface area contributed by atoms with Gasteiger partial charge in [0.2, 0.25) is 5.91 Å². The van der Waals surface area contributed by atoms with Gasteiger partial charge in [-0.3, -0.25) is 9.79 Å². The van der Waals surface area contributed by atoms with Gasteiger partial charge in [-0.2, -0.15) is 0 Å². The Morgan fingerprint density at radius 2 is 1.96 bits per heavy atom. The van der Waals surface area contributed by atoms with E-state index in [2.05, 4.69) is 15.3 Å². The van der Waals surface area contributed by atoms with Crippen LogP contribution in [0.1, 0.15) is 12.0 Å². The standard InChI is InChI=1S/C14H16BN3O5/c19-13(6-9-4-2-1-3-5-9)18-11(15(22)23)7-12-16-8-10(17-12)14(20)21/h1-5,8,11-12,22-23H,6-7H2,(H,18,19)(H,20,21)/t11-,12?/m1/s1. The van der Waals surface area contributed by atoms with Gasteiger partial charge >= 0.3 is 13.1 Å². The maximum atomic E-state index is 12.0. The fourth-order valence-corrected chi connectivity index (χ4v) is 2.13. The lowest BCUT2D eigenvalue weighted by Gasteiger charge is -2.19. The minimum absolute atomic E-state index is 0.00846. The van der Waals surface area contributed by atoms with Gasteiger partial charge in [-0.05, 0) is 5.56 Å². The second-order valence-electron chi connectivity index (χ2n) is 5.06. The van der Waals surface area contributed by atoms with Crippen LogP contribution in [0.2, 0.25) is 0 Å². The average molecular weight is 317 g/mol. The first-order valence-electron chi connectivity index (χ1n) is 6.99. The van der Waals surface area contributed by atoms with E-state index < -0.39 is 25.2 Å². The highest BCUT2D eigenvalue weighted by Crippen LogP contribution is 2.10. The number of carbonyl (C=O) groups excluding carboxylic acids is 1. The molecule has 120 valence electrons. The largest absolute Gasteiger partial charge is 0.476 e. The number of hydrogen-bond donors (Lipinski definition) is 4. The zero-order valence-electron chi connectivity index (χ0n) is 12.2. The monoisotopic (exact) mass is 317 g/mol. The number of rotatable bonds is 7. The molecule has 0 spiro atoms. The molecule has 1 aromatic carbocycles. The summed E-state index contributed by atoms with van der Waals surface area (Å²) < 4.78 is 0. The maximum Gasteiger partial charge on any atom is 0.475 e. The van der Waals surface area contributed by atoms with Crippen LogP contribution in [0.25, 0.3) is 0 Å². The zero-order chi connectivity index (χ0) is 16.8. The van der Waals surface area contributed by atoms with Crippen molar-refractivity contribution in [3.05, 3.63) is 35.9 Å².